The van der Waals surface area contributed by atoms with E-state index in [-0.39, 0.29) is 18.4 Å². The van der Waals surface area contributed by atoms with Crippen LogP contribution in [-0.2, 0) is 4.79 Å². The van der Waals surface area contributed by atoms with E-state index in [4.69, 9.17) is 11.6 Å². The summed E-state index contributed by atoms with van der Waals surface area (Å²) in [6.07, 6.45) is 1.50. The van der Waals surface area contributed by atoms with E-state index in [0.717, 1.165) is 4.47 Å². The lowest BCUT2D eigenvalue weighted by atomic mass is 10.3. The molecule has 0 radical (unpaired) electrons. The van der Waals surface area contributed by atoms with Crippen molar-refractivity contribution in [2.75, 3.05) is 11.9 Å². The first kappa shape index (κ1) is 14.6. The lowest BCUT2D eigenvalue weighted by molar-refractivity contribution is -0.115. The lowest BCUT2D eigenvalue weighted by Crippen LogP contribution is -2.33. The second-order valence-electron chi connectivity index (χ2n) is 3.94. The average Bonchev–Trinajstić information content (AvgIpc) is 2.85. The summed E-state index contributed by atoms with van der Waals surface area (Å²) in [5, 5.41) is 5.62. The number of para-hydroxylation sites is 1. The molecule has 2 amide bonds. The van der Waals surface area contributed by atoms with Crippen molar-refractivity contribution in [2.24, 2.45) is 0 Å². The van der Waals surface area contributed by atoms with E-state index in [9.17, 15) is 9.59 Å². The number of anilines is 1. The van der Waals surface area contributed by atoms with Crippen molar-refractivity contribution in [1.29, 1.82) is 0 Å². The Kier molecular flexibility index (Phi) is 4.81. The number of benzene rings is 1. The molecule has 1 heterocycles. The third-order valence-corrected chi connectivity index (χ3v) is 3.36. The number of nitrogens with one attached hydrogen (secondary N) is 3. The Hall–Kier alpha value is -1.79. The fraction of sp³-hybridized carbons (Fsp3) is 0.0769. The minimum atomic E-state index is -0.390. The predicted octanol–water partition coefficient (Wildman–Crippen LogP) is 2.80. The van der Waals surface area contributed by atoms with E-state index >= 15 is 0 Å². The van der Waals surface area contributed by atoms with Gasteiger partial charge in [-0.2, -0.15) is 0 Å². The zero-order valence-electron chi connectivity index (χ0n) is 10.2. The SMILES string of the molecule is O=C(CNC(=O)c1cc(Cl)c[nH]1)Nc1ccccc1Br. The maximum atomic E-state index is 11.7. The molecule has 0 unspecified atom stereocenters. The monoisotopic (exact) mass is 355 g/mol. The smallest absolute Gasteiger partial charge is 0.268 e. The molecule has 0 spiro atoms. The fourth-order valence-electron chi connectivity index (χ4n) is 1.51. The molecule has 0 aliphatic heterocycles. The highest BCUT2D eigenvalue weighted by Crippen LogP contribution is 2.20. The van der Waals surface area contributed by atoms with Crippen LogP contribution in [0.25, 0.3) is 0 Å². The summed E-state index contributed by atoms with van der Waals surface area (Å²) < 4.78 is 0.774. The molecule has 7 heteroatoms. The lowest BCUT2D eigenvalue weighted by Gasteiger charge is -2.07. The molecular weight excluding hydrogens is 346 g/mol. The topological polar surface area (TPSA) is 74.0 Å². The van der Waals surface area contributed by atoms with Crippen LogP contribution in [0, 0.1) is 0 Å². The van der Waals surface area contributed by atoms with E-state index in [1.54, 1.807) is 12.1 Å². The summed E-state index contributed by atoms with van der Waals surface area (Å²) in [5.41, 5.74) is 0.957. The van der Waals surface area contributed by atoms with Gasteiger partial charge in [-0.15, -0.1) is 0 Å². The quantitative estimate of drug-likeness (QED) is 0.788. The Balaban J connectivity index is 1.87. The van der Waals surface area contributed by atoms with Gasteiger partial charge in [0, 0.05) is 10.7 Å². The summed E-state index contributed by atoms with van der Waals surface area (Å²) in [6, 6.07) is 8.71. The van der Waals surface area contributed by atoms with Gasteiger partial charge in [-0.25, -0.2) is 0 Å². The van der Waals surface area contributed by atoms with Gasteiger partial charge in [0.15, 0.2) is 0 Å². The highest BCUT2D eigenvalue weighted by Gasteiger charge is 2.10. The molecule has 3 N–H and O–H groups in total. The van der Waals surface area contributed by atoms with Gasteiger partial charge in [-0.3, -0.25) is 9.59 Å². The van der Waals surface area contributed by atoms with Crippen LogP contribution in [0.4, 0.5) is 5.69 Å². The number of aromatic amines is 1. The van der Waals surface area contributed by atoms with Gasteiger partial charge < -0.3 is 15.6 Å². The maximum Gasteiger partial charge on any atom is 0.268 e. The number of H-pyrrole nitrogens is 1. The Bertz CT molecular complexity index is 642. The number of carbonyl (C=O) groups excluding carboxylic acids is 2. The van der Waals surface area contributed by atoms with Crippen LogP contribution in [-0.4, -0.2) is 23.3 Å². The van der Waals surface area contributed by atoms with Crippen LogP contribution in [0.2, 0.25) is 5.02 Å². The number of aromatic nitrogens is 1. The summed E-state index contributed by atoms with van der Waals surface area (Å²) in [6.45, 7) is -0.128. The molecule has 104 valence electrons. The molecule has 2 aromatic rings. The average molecular weight is 357 g/mol. The fourth-order valence-corrected chi connectivity index (χ4v) is 2.06. The molecule has 20 heavy (non-hydrogen) atoms. The third kappa shape index (κ3) is 3.85. The molecular formula is C13H11BrClN3O2. The highest BCUT2D eigenvalue weighted by atomic mass is 79.9. The van der Waals surface area contributed by atoms with E-state index in [1.807, 2.05) is 12.1 Å². The van der Waals surface area contributed by atoms with Gasteiger partial charge in [-0.1, -0.05) is 23.7 Å². The number of amides is 2. The Morgan fingerprint density at radius 3 is 2.70 bits per heavy atom. The Morgan fingerprint density at radius 1 is 1.30 bits per heavy atom. The van der Waals surface area contributed by atoms with Crippen LogP contribution in [0.1, 0.15) is 10.5 Å². The number of hydrogen-bond donors (Lipinski definition) is 3. The van der Waals surface area contributed by atoms with Crippen LogP contribution in [0.15, 0.2) is 41.0 Å². The number of halogens is 2. The number of hydrogen-bond acceptors (Lipinski definition) is 2. The minimum Gasteiger partial charge on any atom is -0.356 e. The van der Waals surface area contributed by atoms with Gasteiger partial charge in [0.1, 0.15) is 5.69 Å². The molecule has 5 nitrogen and oxygen atoms in total. The molecule has 0 saturated heterocycles. The van der Waals surface area contributed by atoms with Crippen LogP contribution in [0.5, 0.6) is 0 Å². The molecule has 0 aliphatic carbocycles. The van der Waals surface area contributed by atoms with E-state index in [2.05, 4.69) is 31.5 Å². The summed E-state index contributed by atoms with van der Waals surface area (Å²) in [7, 11) is 0. The van der Waals surface area contributed by atoms with Gasteiger partial charge in [0.2, 0.25) is 5.91 Å². The van der Waals surface area contributed by atoms with Crippen LogP contribution in [0.3, 0.4) is 0 Å². The molecule has 0 bridgehead atoms. The molecule has 2 rings (SSSR count). The summed E-state index contributed by atoms with van der Waals surface area (Å²) in [4.78, 5) is 26.1. The molecule has 1 aromatic heterocycles. The number of carbonyl (C=O) groups is 2. The minimum absolute atomic E-state index is 0.128. The standard InChI is InChI=1S/C13H11BrClN3O2/c14-9-3-1-2-4-10(9)18-12(19)7-17-13(20)11-5-8(15)6-16-11/h1-6,16H,7H2,(H,17,20)(H,18,19). The maximum absolute atomic E-state index is 11.7. The second kappa shape index (κ2) is 6.58. The largest absolute Gasteiger partial charge is 0.356 e. The van der Waals surface area contributed by atoms with Crippen molar-refractivity contribution in [3.63, 3.8) is 0 Å². The zero-order chi connectivity index (χ0) is 14.5. The predicted molar refractivity (Wildman–Crippen MR) is 80.9 cm³/mol. The van der Waals surface area contributed by atoms with Gasteiger partial charge in [-0.05, 0) is 34.1 Å². The normalized spacial score (nSPS) is 10.1. The van der Waals surface area contributed by atoms with E-state index < -0.39 is 0 Å². The van der Waals surface area contributed by atoms with Crippen LogP contribution >= 0.6 is 27.5 Å². The first-order valence-corrected chi connectivity index (χ1v) is 6.90. The Morgan fingerprint density at radius 2 is 2.05 bits per heavy atom. The molecule has 0 atom stereocenters. The van der Waals surface area contributed by atoms with Gasteiger partial charge >= 0.3 is 0 Å². The highest BCUT2D eigenvalue weighted by molar-refractivity contribution is 9.10. The molecule has 0 saturated carbocycles. The van der Waals surface area contributed by atoms with Crippen LogP contribution < -0.4 is 10.6 Å². The molecule has 1 aromatic carbocycles. The first-order valence-electron chi connectivity index (χ1n) is 5.73. The van der Waals surface area contributed by atoms with E-state index in [1.165, 1.54) is 12.3 Å². The van der Waals surface area contributed by atoms with Crippen molar-refractivity contribution < 1.29 is 9.59 Å². The number of rotatable bonds is 4. The van der Waals surface area contributed by atoms with E-state index in [0.29, 0.717) is 16.4 Å². The van der Waals surface area contributed by atoms with Crippen molar-refractivity contribution in [3.8, 4) is 0 Å². The van der Waals surface area contributed by atoms with Gasteiger partial charge in [0.25, 0.3) is 5.91 Å². The second-order valence-corrected chi connectivity index (χ2v) is 5.23. The van der Waals surface area contributed by atoms with Gasteiger partial charge in [0.05, 0.1) is 17.3 Å². The Labute approximate surface area is 128 Å². The molecule has 0 aliphatic rings. The molecule has 0 fully saturated rings. The van der Waals surface area contributed by atoms with Crippen molar-refractivity contribution >= 4 is 45.0 Å². The zero-order valence-corrected chi connectivity index (χ0v) is 12.6. The van der Waals surface area contributed by atoms with Crippen molar-refractivity contribution in [1.82, 2.24) is 10.3 Å². The van der Waals surface area contributed by atoms with Crippen molar-refractivity contribution in [3.05, 3.63) is 51.7 Å². The third-order valence-electron chi connectivity index (χ3n) is 2.45. The summed E-state index contributed by atoms with van der Waals surface area (Å²) in [5.74, 6) is -0.706. The van der Waals surface area contributed by atoms with Crippen molar-refractivity contribution in [2.45, 2.75) is 0 Å². The first-order chi connectivity index (χ1) is 9.56. The summed E-state index contributed by atoms with van der Waals surface area (Å²) >= 11 is 9.02.